The van der Waals surface area contributed by atoms with Crippen LogP contribution in [0.2, 0.25) is 0 Å². The van der Waals surface area contributed by atoms with Gasteiger partial charge < -0.3 is 0 Å². The van der Waals surface area contributed by atoms with Gasteiger partial charge in [-0.05, 0) is 28.9 Å². The molecule has 1 aromatic heterocycles. The van der Waals surface area contributed by atoms with E-state index in [1.54, 1.807) is 19.3 Å². The van der Waals surface area contributed by atoms with Crippen LogP contribution in [0.25, 0.3) is 0 Å². The van der Waals surface area contributed by atoms with Gasteiger partial charge in [0, 0.05) is 35.3 Å². The maximum absolute atomic E-state index is 12.1. The highest BCUT2D eigenvalue weighted by Gasteiger charge is 2.25. The Labute approximate surface area is 112 Å². The van der Waals surface area contributed by atoms with Crippen LogP contribution < -0.4 is 0 Å². The fraction of sp³-hybridized carbons (Fsp3) is 0.444. The van der Waals surface area contributed by atoms with Crippen molar-refractivity contribution in [1.82, 2.24) is 9.29 Å². The van der Waals surface area contributed by atoms with E-state index in [0.29, 0.717) is 9.80 Å². The van der Waals surface area contributed by atoms with Crippen molar-refractivity contribution in [2.75, 3.05) is 12.4 Å². The molecule has 0 spiro atoms. The molecule has 0 aliphatic rings. The Balaban J connectivity index is 3.12. The largest absolute Gasteiger partial charge is 0.262 e. The van der Waals surface area contributed by atoms with Crippen LogP contribution >= 0.6 is 31.9 Å². The van der Waals surface area contributed by atoms with Crippen LogP contribution in [0.4, 0.5) is 0 Å². The normalized spacial score (nSPS) is 14.1. The minimum atomic E-state index is -3.46. The first-order valence-electron chi connectivity index (χ1n) is 4.54. The predicted molar refractivity (Wildman–Crippen MR) is 70.1 cm³/mol. The van der Waals surface area contributed by atoms with Gasteiger partial charge in [0.15, 0.2) is 0 Å². The molecule has 1 atom stereocenters. The lowest BCUT2D eigenvalue weighted by atomic mass is 10.4. The molecule has 4 nitrogen and oxygen atoms in total. The van der Waals surface area contributed by atoms with Crippen LogP contribution in [0.3, 0.4) is 0 Å². The van der Waals surface area contributed by atoms with Crippen LogP contribution in [-0.2, 0) is 10.0 Å². The van der Waals surface area contributed by atoms with Gasteiger partial charge in [-0.25, -0.2) is 8.42 Å². The second kappa shape index (κ2) is 5.57. The zero-order chi connectivity index (χ0) is 12.3. The summed E-state index contributed by atoms with van der Waals surface area (Å²) in [4.78, 5) is 4.05. The lowest BCUT2D eigenvalue weighted by Crippen LogP contribution is -2.36. The molecule has 0 fully saturated rings. The summed E-state index contributed by atoms with van der Waals surface area (Å²) in [6.45, 7) is 1.83. The number of sulfonamides is 1. The van der Waals surface area contributed by atoms with Crippen LogP contribution in [0.1, 0.15) is 6.92 Å². The van der Waals surface area contributed by atoms with Crippen molar-refractivity contribution >= 4 is 41.9 Å². The third-order valence-corrected chi connectivity index (χ3v) is 5.51. The maximum atomic E-state index is 12.1. The summed E-state index contributed by atoms with van der Waals surface area (Å²) in [7, 11) is -1.90. The number of nitrogens with zero attached hydrogens (tertiary/aromatic N) is 2. The number of hydrogen-bond donors (Lipinski definition) is 0. The fourth-order valence-corrected chi connectivity index (χ4v) is 3.53. The minimum Gasteiger partial charge on any atom is -0.262 e. The summed E-state index contributed by atoms with van der Waals surface area (Å²) in [6.07, 6.45) is 2.89. The summed E-state index contributed by atoms with van der Waals surface area (Å²) in [5, 5.41) is 0.587. The number of rotatable bonds is 4. The highest BCUT2D eigenvalue weighted by Crippen LogP contribution is 2.19. The number of aromatic nitrogens is 1. The molecule has 16 heavy (non-hydrogen) atoms. The van der Waals surface area contributed by atoms with Crippen LogP contribution in [0.15, 0.2) is 27.8 Å². The van der Waals surface area contributed by atoms with Gasteiger partial charge in [0.25, 0.3) is 0 Å². The molecule has 0 aromatic carbocycles. The second-order valence-electron chi connectivity index (χ2n) is 3.36. The molecule has 0 N–H and O–H groups in total. The van der Waals surface area contributed by atoms with E-state index in [-0.39, 0.29) is 10.9 Å². The van der Waals surface area contributed by atoms with Gasteiger partial charge in [-0.2, -0.15) is 4.31 Å². The maximum Gasteiger partial charge on any atom is 0.244 e. The van der Waals surface area contributed by atoms with Crippen molar-refractivity contribution in [3.63, 3.8) is 0 Å². The Kier molecular flexibility index (Phi) is 4.90. The van der Waals surface area contributed by atoms with Crippen LogP contribution in [0.5, 0.6) is 0 Å². The molecular weight excluding hydrogens is 360 g/mol. The van der Waals surface area contributed by atoms with E-state index in [0.717, 1.165) is 0 Å². The first-order chi connectivity index (χ1) is 7.39. The molecule has 0 aliphatic heterocycles. The molecule has 0 amide bonds. The van der Waals surface area contributed by atoms with Crippen molar-refractivity contribution in [1.29, 1.82) is 0 Å². The van der Waals surface area contributed by atoms with Gasteiger partial charge in [-0.1, -0.05) is 15.9 Å². The molecule has 1 aromatic rings. The summed E-state index contributed by atoms with van der Waals surface area (Å²) in [5.41, 5.74) is 0. The van der Waals surface area contributed by atoms with E-state index in [4.69, 9.17) is 0 Å². The Morgan fingerprint density at radius 1 is 1.50 bits per heavy atom. The molecule has 7 heteroatoms. The Morgan fingerprint density at radius 3 is 2.62 bits per heavy atom. The molecular formula is C9H12Br2N2O2S. The minimum absolute atomic E-state index is 0.107. The molecule has 0 saturated carbocycles. The Bertz CT molecular complexity index is 464. The zero-order valence-electron chi connectivity index (χ0n) is 8.89. The highest BCUT2D eigenvalue weighted by atomic mass is 79.9. The topological polar surface area (TPSA) is 50.3 Å². The summed E-state index contributed by atoms with van der Waals surface area (Å²) < 4.78 is 26.2. The van der Waals surface area contributed by atoms with Crippen LogP contribution in [0, 0.1) is 0 Å². The van der Waals surface area contributed by atoms with Gasteiger partial charge in [0.2, 0.25) is 10.0 Å². The summed E-state index contributed by atoms with van der Waals surface area (Å²) in [5.74, 6) is 0. The molecule has 90 valence electrons. The average Bonchev–Trinajstić information content (AvgIpc) is 2.27. The number of alkyl halides is 1. The van der Waals surface area contributed by atoms with Gasteiger partial charge in [-0.3, -0.25) is 4.98 Å². The van der Waals surface area contributed by atoms with Crippen LogP contribution in [-0.4, -0.2) is 36.1 Å². The first-order valence-corrected chi connectivity index (χ1v) is 7.89. The Hall–Kier alpha value is 0.0200. The second-order valence-corrected chi connectivity index (χ2v) is 6.92. The smallest absolute Gasteiger partial charge is 0.244 e. The van der Waals surface area contributed by atoms with E-state index >= 15 is 0 Å². The molecule has 0 aliphatic carbocycles. The zero-order valence-corrected chi connectivity index (χ0v) is 12.9. The molecule has 1 heterocycles. The Morgan fingerprint density at radius 2 is 2.12 bits per heavy atom. The molecule has 0 saturated heterocycles. The number of pyridine rings is 1. The van der Waals surface area contributed by atoms with E-state index < -0.39 is 10.0 Å². The molecule has 1 unspecified atom stereocenters. The standard InChI is InChI=1S/C9H12Br2N2O2S/c1-7(4-10)13(2)16(14,15)9-3-8(11)5-12-6-9/h3,5-7H,4H2,1-2H3. The third kappa shape index (κ3) is 3.03. The van der Waals surface area contributed by atoms with Gasteiger partial charge in [0.05, 0.1) is 0 Å². The van der Waals surface area contributed by atoms with Crippen molar-refractivity contribution in [3.8, 4) is 0 Å². The quantitative estimate of drug-likeness (QED) is 0.762. The fourth-order valence-electron chi connectivity index (χ4n) is 1.03. The number of halogens is 2. The van der Waals surface area contributed by atoms with E-state index in [9.17, 15) is 8.42 Å². The average molecular weight is 372 g/mol. The SMILES string of the molecule is CC(CBr)N(C)S(=O)(=O)c1cncc(Br)c1. The van der Waals surface area contributed by atoms with Crippen molar-refractivity contribution < 1.29 is 8.42 Å². The highest BCUT2D eigenvalue weighted by molar-refractivity contribution is 9.10. The lowest BCUT2D eigenvalue weighted by molar-refractivity contribution is 0.416. The lowest BCUT2D eigenvalue weighted by Gasteiger charge is -2.22. The molecule has 0 radical (unpaired) electrons. The van der Waals surface area contributed by atoms with Crippen molar-refractivity contribution in [2.24, 2.45) is 0 Å². The van der Waals surface area contributed by atoms with Gasteiger partial charge >= 0.3 is 0 Å². The van der Waals surface area contributed by atoms with E-state index in [1.807, 2.05) is 6.92 Å². The predicted octanol–water partition coefficient (Wildman–Crippen LogP) is 2.25. The number of hydrogen-bond acceptors (Lipinski definition) is 3. The van der Waals surface area contributed by atoms with Gasteiger partial charge in [0.1, 0.15) is 4.90 Å². The monoisotopic (exact) mass is 370 g/mol. The molecule has 1 rings (SSSR count). The van der Waals surface area contributed by atoms with Crippen molar-refractivity contribution in [3.05, 3.63) is 22.9 Å². The third-order valence-electron chi connectivity index (χ3n) is 2.20. The van der Waals surface area contributed by atoms with E-state index in [2.05, 4.69) is 36.8 Å². The first kappa shape index (κ1) is 14.1. The van der Waals surface area contributed by atoms with Gasteiger partial charge in [-0.15, -0.1) is 0 Å². The molecule has 0 bridgehead atoms. The summed E-state index contributed by atoms with van der Waals surface area (Å²) >= 11 is 6.47. The van der Waals surface area contributed by atoms with E-state index in [1.165, 1.54) is 10.5 Å². The summed E-state index contributed by atoms with van der Waals surface area (Å²) in [6, 6.07) is 1.43. The van der Waals surface area contributed by atoms with Crippen molar-refractivity contribution in [2.45, 2.75) is 17.9 Å².